The molecule has 3 rings (SSSR count). The van der Waals surface area contributed by atoms with Crippen LogP contribution in [0.5, 0.6) is 0 Å². The molecule has 8 nitrogen and oxygen atoms in total. The van der Waals surface area contributed by atoms with Gasteiger partial charge in [-0.25, -0.2) is 14.3 Å². The van der Waals surface area contributed by atoms with Crippen LogP contribution < -0.4 is 5.32 Å². The van der Waals surface area contributed by atoms with Crippen molar-refractivity contribution >= 4 is 23.3 Å². The molecular weight excluding hydrogens is 322 g/mol. The maximum absolute atomic E-state index is 12.3. The van der Waals surface area contributed by atoms with Crippen molar-refractivity contribution in [1.82, 2.24) is 19.6 Å². The molecule has 0 aliphatic rings. The number of fused-ring (bicyclic) bond motifs is 1. The van der Waals surface area contributed by atoms with E-state index in [1.54, 1.807) is 50.4 Å². The van der Waals surface area contributed by atoms with E-state index in [2.05, 4.69) is 20.4 Å². The fraction of sp³-hybridized carbons (Fsp3) is 0.235. The van der Waals surface area contributed by atoms with Crippen molar-refractivity contribution in [2.24, 2.45) is 0 Å². The highest BCUT2D eigenvalue weighted by molar-refractivity contribution is 6.02. The van der Waals surface area contributed by atoms with Crippen molar-refractivity contribution in [3.8, 4) is 0 Å². The van der Waals surface area contributed by atoms with Gasteiger partial charge in [-0.3, -0.25) is 4.79 Å². The number of carbonyl (C=O) groups excluding carboxylic acids is 2. The van der Waals surface area contributed by atoms with Crippen LogP contribution in [0.3, 0.4) is 0 Å². The normalized spacial score (nSPS) is 10.9. The summed E-state index contributed by atoms with van der Waals surface area (Å²) in [4.78, 5) is 32.3. The summed E-state index contributed by atoms with van der Waals surface area (Å²) in [5.41, 5.74) is 1.76. The molecule has 0 unspecified atom stereocenters. The average molecular weight is 339 g/mol. The van der Waals surface area contributed by atoms with Gasteiger partial charge in [-0.15, -0.1) is 5.10 Å². The molecule has 1 amide bonds. The zero-order valence-electron chi connectivity index (χ0n) is 14.1. The van der Waals surface area contributed by atoms with Gasteiger partial charge in [-0.2, -0.15) is 4.98 Å². The highest BCUT2D eigenvalue weighted by atomic mass is 16.5. The summed E-state index contributed by atoms with van der Waals surface area (Å²) in [5, 5.41) is 6.83. The Labute approximate surface area is 143 Å². The van der Waals surface area contributed by atoms with Crippen LogP contribution in [0.1, 0.15) is 40.5 Å². The summed E-state index contributed by atoms with van der Waals surface area (Å²) < 4.78 is 6.62. The Balaban J connectivity index is 1.74. The minimum absolute atomic E-state index is 0.0186. The predicted octanol–water partition coefficient (Wildman–Crippen LogP) is 2.25. The second-order valence-electron chi connectivity index (χ2n) is 5.72. The predicted molar refractivity (Wildman–Crippen MR) is 90.5 cm³/mol. The van der Waals surface area contributed by atoms with E-state index in [0.29, 0.717) is 17.0 Å². The van der Waals surface area contributed by atoms with Gasteiger partial charge in [0.2, 0.25) is 5.82 Å². The second-order valence-corrected chi connectivity index (χ2v) is 5.72. The van der Waals surface area contributed by atoms with Crippen LogP contribution in [0.4, 0.5) is 5.69 Å². The van der Waals surface area contributed by atoms with Gasteiger partial charge in [0.05, 0.1) is 11.7 Å². The molecule has 2 heterocycles. The van der Waals surface area contributed by atoms with E-state index in [1.807, 2.05) is 6.92 Å². The van der Waals surface area contributed by atoms with Crippen molar-refractivity contribution in [2.45, 2.75) is 26.9 Å². The summed E-state index contributed by atoms with van der Waals surface area (Å²) in [6, 6.07) is 8.19. The summed E-state index contributed by atoms with van der Waals surface area (Å²) >= 11 is 0. The summed E-state index contributed by atoms with van der Waals surface area (Å²) in [6.45, 7) is 5.41. The first-order valence-corrected chi connectivity index (χ1v) is 7.75. The number of ether oxygens (including phenoxy) is 1. The van der Waals surface area contributed by atoms with Crippen LogP contribution in [-0.2, 0) is 4.74 Å². The first kappa shape index (κ1) is 16.6. The number of benzene rings is 1. The minimum atomic E-state index is -0.456. The van der Waals surface area contributed by atoms with Crippen molar-refractivity contribution in [2.75, 3.05) is 5.32 Å². The molecule has 0 saturated heterocycles. The van der Waals surface area contributed by atoms with Gasteiger partial charge >= 0.3 is 5.97 Å². The fourth-order valence-electron chi connectivity index (χ4n) is 2.16. The maximum atomic E-state index is 12.3. The van der Waals surface area contributed by atoms with E-state index in [4.69, 9.17) is 4.74 Å². The lowest BCUT2D eigenvalue weighted by atomic mass is 10.2. The van der Waals surface area contributed by atoms with Crippen LogP contribution >= 0.6 is 0 Å². The molecule has 0 fully saturated rings. The number of amides is 1. The molecule has 0 spiro atoms. The Morgan fingerprint density at radius 1 is 1.16 bits per heavy atom. The number of nitrogens with zero attached hydrogens (tertiary/aromatic N) is 4. The minimum Gasteiger partial charge on any atom is -0.459 e. The van der Waals surface area contributed by atoms with Crippen molar-refractivity contribution in [3.63, 3.8) is 0 Å². The highest BCUT2D eigenvalue weighted by Crippen LogP contribution is 2.12. The number of carbonyl (C=O) groups is 2. The van der Waals surface area contributed by atoms with Gasteiger partial charge in [0, 0.05) is 17.6 Å². The number of anilines is 1. The van der Waals surface area contributed by atoms with E-state index in [9.17, 15) is 9.59 Å². The van der Waals surface area contributed by atoms with E-state index in [0.717, 1.165) is 5.69 Å². The zero-order chi connectivity index (χ0) is 18.0. The lowest BCUT2D eigenvalue weighted by Gasteiger charge is -2.08. The third-order valence-corrected chi connectivity index (χ3v) is 3.35. The Morgan fingerprint density at radius 3 is 2.52 bits per heavy atom. The number of hydrogen-bond donors (Lipinski definition) is 1. The van der Waals surface area contributed by atoms with E-state index < -0.39 is 11.9 Å². The molecule has 0 bridgehead atoms. The number of aromatic nitrogens is 4. The quantitative estimate of drug-likeness (QED) is 0.732. The molecule has 0 aliphatic heterocycles. The van der Waals surface area contributed by atoms with Crippen molar-refractivity contribution in [3.05, 3.63) is 53.6 Å². The molecule has 0 saturated carbocycles. The third-order valence-electron chi connectivity index (χ3n) is 3.35. The third kappa shape index (κ3) is 3.63. The van der Waals surface area contributed by atoms with Crippen molar-refractivity contribution < 1.29 is 14.3 Å². The molecule has 8 heteroatoms. The fourth-order valence-corrected chi connectivity index (χ4v) is 2.16. The standard InChI is InChI=1S/C17H17N5O3/c1-10(2)25-16(24)12-4-6-13(7-5-12)19-15(23)14-20-17-18-9-8-11(3)22(17)21-14/h4-10H,1-3H3,(H,19,23). The number of nitrogens with one attached hydrogen (secondary N) is 1. The zero-order valence-corrected chi connectivity index (χ0v) is 14.1. The lowest BCUT2D eigenvalue weighted by Crippen LogP contribution is -2.15. The molecule has 0 aliphatic carbocycles. The van der Waals surface area contributed by atoms with Gasteiger partial charge in [-0.1, -0.05) is 0 Å². The van der Waals surface area contributed by atoms with Crippen LogP contribution in [0.25, 0.3) is 5.78 Å². The van der Waals surface area contributed by atoms with Crippen LogP contribution in [0.2, 0.25) is 0 Å². The van der Waals surface area contributed by atoms with Crippen LogP contribution in [0, 0.1) is 6.92 Å². The topological polar surface area (TPSA) is 98.5 Å². The SMILES string of the molecule is Cc1ccnc2nc(C(=O)Nc3ccc(C(=O)OC(C)C)cc3)nn12. The second kappa shape index (κ2) is 6.68. The van der Waals surface area contributed by atoms with Gasteiger partial charge in [0.25, 0.3) is 11.7 Å². The summed E-state index contributed by atoms with van der Waals surface area (Å²) in [5.74, 6) is -0.485. The van der Waals surface area contributed by atoms with Gasteiger partial charge in [0.1, 0.15) is 0 Å². The highest BCUT2D eigenvalue weighted by Gasteiger charge is 2.15. The number of esters is 1. The maximum Gasteiger partial charge on any atom is 0.338 e. The smallest absolute Gasteiger partial charge is 0.338 e. The largest absolute Gasteiger partial charge is 0.459 e. The molecule has 0 radical (unpaired) electrons. The lowest BCUT2D eigenvalue weighted by molar-refractivity contribution is 0.0378. The number of aryl methyl sites for hydroxylation is 1. The molecular formula is C17H17N5O3. The average Bonchev–Trinajstić information content (AvgIpc) is 3.01. The van der Waals surface area contributed by atoms with Crippen LogP contribution in [0.15, 0.2) is 36.5 Å². The van der Waals surface area contributed by atoms with E-state index in [1.165, 1.54) is 4.52 Å². The van der Waals surface area contributed by atoms with E-state index >= 15 is 0 Å². The molecule has 2 aromatic heterocycles. The monoisotopic (exact) mass is 339 g/mol. The Kier molecular flexibility index (Phi) is 4.42. The van der Waals surface area contributed by atoms with Gasteiger partial charge in [-0.05, 0) is 51.1 Å². The molecule has 1 aromatic carbocycles. The molecule has 128 valence electrons. The molecule has 25 heavy (non-hydrogen) atoms. The van der Waals surface area contributed by atoms with Gasteiger partial charge < -0.3 is 10.1 Å². The Morgan fingerprint density at radius 2 is 1.88 bits per heavy atom. The molecule has 3 aromatic rings. The van der Waals surface area contributed by atoms with Crippen LogP contribution in [-0.4, -0.2) is 37.6 Å². The Bertz CT molecular complexity index is 931. The van der Waals surface area contributed by atoms with Crippen molar-refractivity contribution in [1.29, 1.82) is 0 Å². The summed E-state index contributed by atoms with van der Waals surface area (Å²) in [7, 11) is 0. The van der Waals surface area contributed by atoms with Gasteiger partial charge in [0.15, 0.2) is 0 Å². The van der Waals surface area contributed by atoms with E-state index in [-0.39, 0.29) is 11.9 Å². The first-order valence-electron chi connectivity index (χ1n) is 7.75. The molecule has 0 atom stereocenters. The molecule has 1 N–H and O–H groups in total. The first-order chi connectivity index (χ1) is 11.9. The number of hydrogen-bond acceptors (Lipinski definition) is 6. The summed E-state index contributed by atoms with van der Waals surface area (Å²) in [6.07, 6.45) is 1.42. The Hall–Kier alpha value is -3.29. The number of rotatable bonds is 4.